The van der Waals surface area contributed by atoms with E-state index in [9.17, 15) is 4.79 Å². The second-order valence-electron chi connectivity index (χ2n) is 4.69. The number of carbonyl (C=O) groups excluding carboxylic acids is 1. The minimum absolute atomic E-state index is 0.183. The molecule has 0 saturated heterocycles. The molecule has 21 heavy (non-hydrogen) atoms. The summed E-state index contributed by atoms with van der Waals surface area (Å²) in [6, 6.07) is 5.57. The maximum atomic E-state index is 12.2. The van der Waals surface area contributed by atoms with Crippen LogP contribution in [-0.2, 0) is 0 Å². The van der Waals surface area contributed by atoms with Crippen molar-refractivity contribution in [3.05, 3.63) is 51.6 Å². The van der Waals surface area contributed by atoms with Crippen LogP contribution in [0.3, 0.4) is 0 Å². The van der Waals surface area contributed by atoms with Crippen molar-refractivity contribution >= 4 is 28.6 Å². The minimum Gasteiger partial charge on any atom is -0.464 e. The molecule has 1 unspecified atom stereocenters. The molecule has 0 saturated carbocycles. The van der Waals surface area contributed by atoms with Gasteiger partial charge in [-0.15, -0.1) is 11.3 Å². The van der Waals surface area contributed by atoms with Crippen LogP contribution in [0.15, 0.2) is 38.8 Å². The zero-order chi connectivity index (χ0) is 14.8. The standard InChI is InChI=1S/C15H14N2O2S2/c1-9-3-4-13(19-9)10(2)16-14(18)12-8-21-15(17-12)11-5-6-20-7-11/h3-8,10H,1-2H3,(H,16,18). The quantitative estimate of drug-likeness (QED) is 0.782. The molecule has 6 heteroatoms. The summed E-state index contributed by atoms with van der Waals surface area (Å²) >= 11 is 3.09. The van der Waals surface area contributed by atoms with Gasteiger partial charge >= 0.3 is 0 Å². The van der Waals surface area contributed by atoms with Crippen LogP contribution in [0.2, 0.25) is 0 Å². The van der Waals surface area contributed by atoms with Crippen molar-refractivity contribution in [2.75, 3.05) is 0 Å². The van der Waals surface area contributed by atoms with Crippen molar-refractivity contribution in [3.8, 4) is 10.6 Å². The highest BCUT2D eigenvalue weighted by atomic mass is 32.1. The van der Waals surface area contributed by atoms with Gasteiger partial charge in [-0.25, -0.2) is 4.98 Å². The Bertz CT molecular complexity index is 743. The normalized spacial score (nSPS) is 12.3. The Kier molecular flexibility index (Phi) is 3.90. The first-order valence-electron chi connectivity index (χ1n) is 6.49. The molecule has 0 bridgehead atoms. The van der Waals surface area contributed by atoms with Gasteiger partial charge in [0.05, 0.1) is 6.04 Å². The van der Waals surface area contributed by atoms with Crippen molar-refractivity contribution in [3.63, 3.8) is 0 Å². The van der Waals surface area contributed by atoms with Crippen LogP contribution in [0, 0.1) is 6.92 Å². The van der Waals surface area contributed by atoms with Crippen LogP contribution in [0.4, 0.5) is 0 Å². The number of rotatable bonds is 4. The van der Waals surface area contributed by atoms with Crippen molar-refractivity contribution in [2.24, 2.45) is 0 Å². The molecule has 0 aliphatic carbocycles. The van der Waals surface area contributed by atoms with Crippen molar-refractivity contribution in [2.45, 2.75) is 19.9 Å². The number of nitrogens with one attached hydrogen (secondary N) is 1. The van der Waals surface area contributed by atoms with E-state index in [0.717, 1.165) is 22.1 Å². The second-order valence-corrected chi connectivity index (χ2v) is 6.33. The molecule has 3 rings (SSSR count). The third kappa shape index (κ3) is 3.06. The lowest BCUT2D eigenvalue weighted by molar-refractivity contribution is 0.0931. The topological polar surface area (TPSA) is 55.1 Å². The predicted octanol–water partition coefficient (Wildman–Crippen LogP) is 4.26. The van der Waals surface area contributed by atoms with E-state index in [0.29, 0.717) is 5.69 Å². The first-order valence-corrected chi connectivity index (χ1v) is 8.31. The van der Waals surface area contributed by atoms with Gasteiger partial charge in [0.2, 0.25) is 0 Å². The summed E-state index contributed by atoms with van der Waals surface area (Å²) in [7, 11) is 0. The number of hydrogen-bond acceptors (Lipinski definition) is 5. The van der Waals surface area contributed by atoms with Crippen LogP contribution in [0.25, 0.3) is 10.6 Å². The van der Waals surface area contributed by atoms with Crippen molar-refractivity contribution in [1.82, 2.24) is 10.3 Å². The van der Waals surface area contributed by atoms with Gasteiger partial charge in [0.25, 0.3) is 5.91 Å². The summed E-state index contributed by atoms with van der Waals surface area (Å²) in [5.41, 5.74) is 1.50. The van der Waals surface area contributed by atoms with Crippen LogP contribution in [0.1, 0.15) is 35.0 Å². The number of aromatic nitrogens is 1. The first-order chi connectivity index (χ1) is 10.1. The number of aryl methyl sites for hydroxylation is 1. The Hall–Kier alpha value is -1.92. The lowest BCUT2D eigenvalue weighted by atomic mass is 10.2. The lowest BCUT2D eigenvalue weighted by Crippen LogP contribution is -2.26. The van der Waals surface area contributed by atoms with Crippen LogP contribution < -0.4 is 5.32 Å². The fraction of sp³-hybridized carbons (Fsp3) is 0.200. The van der Waals surface area contributed by atoms with Gasteiger partial charge in [-0.2, -0.15) is 11.3 Å². The van der Waals surface area contributed by atoms with Gasteiger partial charge in [-0.05, 0) is 37.4 Å². The smallest absolute Gasteiger partial charge is 0.271 e. The Morgan fingerprint density at radius 1 is 1.33 bits per heavy atom. The van der Waals surface area contributed by atoms with Gasteiger partial charge in [-0.3, -0.25) is 4.79 Å². The molecular weight excluding hydrogens is 304 g/mol. The molecule has 1 atom stereocenters. The molecule has 0 aliphatic heterocycles. The van der Waals surface area contributed by atoms with E-state index in [1.165, 1.54) is 11.3 Å². The molecule has 4 nitrogen and oxygen atoms in total. The van der Waals surface area contributed by atoms with Gasteiger partial charge in [0.1, 0.15) is 22.2 Å². The molecule has 0 fully saturated rings. The average Bonchev–Trinajstić information content (AvgIpc) is 3.19. The molecule has 1 amide bonds. The monoisotopic (exact) mass is 318 g/mol. The zero-order valence-electron chi connectivity index (χ0n) is 11.6. The highest BCUT2D eigenvalue weighted by Crippen LogP contribution is 2.26. The number of thiazole rings is 1. The van der Waals surface area contributed by atoms with E-state index in [4.69, 9.17) is 4.42 Å². The van der Waals surface area contributed by atoms with Crippen LogP contribution >= 0.6 is 22.7 Å². The number of carbonyl (C=O) groups is 1. The van der Waals surface area contributed by atoms with Crippen LogP contribution in [0.5, 0.6) is 0 Å². The van der Waals surface area contributed by atoms with E-state index in [1.807, 2.05) is 42.8 Å². The number of nitrogens with zero attached hydrogens (tertiary/aromatic N) is 1. The molecule has 3 aromatic heterocycles. The summed E-state index contributed by atoms with van der Waals surface area (Å²) in [4.78, 5) is 16.6. The van der Waals surface area contributed by atoms with E-state index in [1.54, 1.807) is 16.7 Å². The highest BCUT2D eigenvalue weighted by Gasteiger charge is 2.17. The fourth-order valence-corrected chi connectivity index (χ4v) is 3.44. The predicted molar refractivity (Wildman–Crippen MR) is 84.8 cm³/mol. The Morgan fingerprint density at radius 3 is 2.86 bits per heavy atom. The summed E-state index contributed by atoms with van der Waals surface area (Å²) in [6.07, 6.45) is 0. The molecule has 0 spiro atoms. The van der Waals surface area contributed by atoms with Gasteiger partial charge in [-0.1, -0.05) is 0 Å². The number of thiophene rings is 1. The molecule has 108 valence electrons. The molecule has 0 aromatic carbocycles. The molecule has 0 aliphatic rings. The van der Waals surface area contributed by atoms with Crippen molar-refractivity contribution in [1.29, 1.82) is 0 Å². The van der Waals surface area contributed by atoms with Gasteiger partial charge in [0, 0.05) is 16.3 Å². The number of amides is 1. The zero-order valence-corrected chi connectivity index (χ0v) is 13.3. The average molecular weight is 318 g/mol. The molecule has 0 radical (unpaired) electrons. The van der Waals surface area contributed by atoms with Crippen molar-refractivity contribution < 1.29 is 9.21 Å². The Balaban J connectivity index is 1.71. The largest absolute Gasteiger partial charge is 0.464 e. The SMILES string of the molecule is Cc1ccc(C(C)NC(=O)c2csc(-c3ccsc3)n2)o1. The Morgan fingerprint density at radius 2 is 2.19 bits per heavy atom. The van der Waals surface area contributed by atoms with E-state index in [-0.39, 0.29) is 11.9 Å². The van der Waals surface area contributed by atoms with Crippen LogP contribution in [-0.4, -0.2) is 10.9 Å². The van der Waals surface area contributed by atoms with E-state index >= 15 is 0 Å². The Labute approximate surface area is 130 Å². The number of hydrogen-bond donors (Lipinski definition) is 1. The summed E-state index contributed by atoms with van der Waals surface area (Å²) < 4.78 is 5.52. The summed E-state index contributed by atoms with van der Waals surface area (Å²) in [6.45, 7) is 3.77. The second kappa shape index (κ2) is 5.83. The maximum absolute atomic E-state index is 12.2. The summed E-state index contributed by atoms with van der Waals surface area (Å²) in [5, 5.41) is 9.56. The molecular formula is C15H14N2O2S2. The highest BCUT2D eigenvalue weighted by molar-refractivity contribution is 7.14. The first kappa shape index (κ1) is 14.0. The fourth-order valence-electron chi connectivity index (χ4n) is 1.92. The van der Waals surface area contributed by atoms with Gasteiger partial charge in [0.15, 0.2) is 0 Å². The third-order valence-electron chi connectivity index (χ3n) is 3.04. The third-order valence-corrected chi connectivity index (χ3v) is 4.62. The maximum Gasteiger partial charge on any atom is 0.271 e. The molecule has 3 heterocycles. The van der Waals surface area contributed by atoms with E-state index in [2.05, 4.69) is 10.3 Å². The van der Waals surface area contributed by atoms with Gasteiger partial charge < -0.3 is 9.73 Å². The minimum atomic E-state index is -0.186. The number of furan rings is 1. The van der Waals surface area contributed by atoms with E-state index < -0.39 is 0 Å². The molecule has 3 aromatic rings. The lowest BCUT2D eigenvalue weighted by Gasteiger charge is -2.09. The molecule has 1 N–H and O–H groups in total. The summed E-state index contributed by atoms with van der Waals surface area (Å²) in [5.74, 6) is 1.39.